The number of pyridine rings is 1. The summed E-state index contributed by atoms with van der Waals surface area (Å²) in [6, 6.07) is 17.0. The van der Waals surface area contributed by atoms with Crippen LogP contribution in [0, 0.1) is 11.2 Å². The number of nitrogens with two attached hydrogens (primary N) is 1. The van der Waals surface area contributed by atoms with E-state index in [0.717, 1.165) is 5.57 Å². The Morgan fingerprint density at radius 3 is 2.51 bits per heavy atom. The van der Waals surface area contributed by atoms with E-state index in [1.54, 1.807) is 42.5 Å². The topological polar surface area (TPSA) is 115 Å². The predicted molar refractivity (Wildman–Crippen MR) is 146 cm³/mol. The number of carbonyl (C=O) groups is 1. The molecular formula is C29H27FN4O4S. The van der Waals surface area contributed by atoms with Crippen LogP contribution in [0.15, 0.2) is 106 Å². The molecule has 2 N–H and O–H groups in total. The lowest BCUT2D eigenvalue weighted by atomic mass is 9.64. The zero-order valence-electron chi connectivity index (χ0n) is 21.2. The molecule has 0 amide bonds. The molecule has 0 saturated carbocycles. The van der Waals surface area contributed by atoms with Gasteiger partial charge in [-0.1, -0.05) is 11.6 Å². The number of ether oxygens (including phenoxy) is 1. The van der Waals surface area contributed by atoms with E-state index in [9.17, 15) is 17.6 Å². The molecule has 0 bridgehead atoms. The number of hydrogen-bond donors (Lipinski definition) is 1. The molecule has 10 heteroatoms. The van der Waals surface area contributed by atoms with Crippen LogP contribution < -0.4 is 10.5 Å². The van der Waals surface area contributed by atoms with Crippen molar-refractivity contribution in [1.29, 1.82) is 0 Å². The predicted octanol–water partition coefficient (Wildman–Crippen LogP) is 4.44. The number of carbonyl (C=O) groups excluding carboxylic acids is 1. The molecule has 2 aliphatic rings. The summed E-state index contributed by atoms with van der Waals surface area (Å²) in [4.78, 5) is 23.2. The lowest BCUT2D eigenvalue weighted by Gasteiger charge is -2.45. The number of allylic oxidation sites excluding steroid dienone is 2. The highest BCUT2D eigenvalue weighted by Crippen LogP contribution is 2.47. The van der Waals surface area contributed by atoms with Gasteiger partial charge in [-0.2, -0.15) is 4.31 Å². The van der Waals surface area contributed by atoms with Crippen molar-refractivity contribution in [2.45, 2.75) is 17.7 Å². The third kappa shape index (κ3) is 5.00. The Kier molecular flexibility index (Phi) is 7.16. The maximum absolute atomic E-state index is 14.1. The van der Waals surface area contributed by atoms with Crippen molar-refractivity contribution in [3.05, 3.63) is 108 Å². The Balaban J connectivity index is 1.60. The van der Waals surface area contributed by atoms with Crippen LogP contribution in [-0.2, 0) is 10.0 Å². The van der Waals surface area contributed by atoms with Crippen LogP contribution in [0.1, 0.15) is 23.3 Å². The minimum absolute atomic E-state index is 0.0796. The summed E-state index contributed by atoms with van der Waals surface area (Å²) < 4.78 is 47.3. The summed E-state index contributed by atoms with van der Waals surface area (Å²) in [5.41, 5.74) is 7.46. The minimum Gasteiger partial charge on any atom is -0.497 e. The van der Waals surface area contributed by atoms with E-state index < -0.39 is 15.4 Å². The number of Topliss-reactive ketones (excluding diaryl/α,β-unsaturated/α-hetero) is 1. The largest absolute Gasteiger partial charge is 0.497 e. The molecule has 1 aromatic heterocycles. The van der Waals surface area contributed by atoms with Crippen LogP contribution in [0.25, 0.3) is 0 Å². The standard InChI is InChI=1S/C29H27FN4O4S/c1-38-24-9-11-25(12-10-24)39(36,37)34-15-13-21-16-27(33-23-7-5-22(30)6-8-23)20(18-31)17-29(21,19-34)28(35)26-4-2-3-14-32-26/h2-12,14,16,18H,13,15,17,19,31H2,1H3/b20-18-,33-27?/t29-/m0/s1. The summed E-state index contributed by atoms with van der Waals surface area (Å²) in [6.45, 7) is 0.104. The first-order chi connectivity index (χ1) is 18.8. The number of aromatic nitrogens is 1. The van der Waals surface area contributed by atoms with Gasteiger partial charge in [-0.3, -0.25) is 9.78 Å². The van der Waals surface area contributed by atoms with E-state index in [4.69, 9.17) is 10.5 Å². The number of hydrogen-bond acceptors (Lipinski definition) is 7. The average Bonchev–Trinajstić information content (AvgIpc) is 2.97. The molecule has 1 atom stereocenters. The second kappa shape index (κ2) is 10.5. The highest BCUT2D eigenvalue weighted by atomic mass is 32.2. The minimum atomic E-state index is -3.92. The van der Waals surface area contributed by atoms with Crippen LogP contribution >= 0.6 is 0 Å². The van der Waals surface area contributed by atoms with Gasteiger partial charge >= 0.3 is 0 Å². The van der Waals surface area contributed by atoms with Crippen LogP contribution in [0.5, 0.6) is 5.75 Å². The molecule has 0 radical (unpaired) electrons. The van der Waals surface area contributed by atoms with E-state index in [1.807, 2.05) is 6.08 Å². The quantitative estimate of drug-likeness (QED) is 0.457. The molecule has 2 heterocycles. The van der Waals surface area contributed by atoms with Crippen molar-refractivity contribution in [2.24, 2.45) is 16.1 Å². The molecule has 200 valence electrons. The molecule has 8 nitrogen and oxygen atoms in total. The first-order valence-electron chi connectivity index (χ1n) is 12.3. The number of aliphatic imine (C=N–C) groups is 1. The smallest absolute Gasteiger partial charge is 0.243 e. The fourth-order valence-corrected chi connectivity index (χ4v) is 6.56. The number of rotatable bonds is 6. The maximum atomic E-state index is 14.1. The van der Waals surface area contributed by atoms with Gasteiger partial charge in [-0.25, -0.2) is 17.8 Å². The van der Waals surface area contributed by atoms with Crippen molar-refractivity contribution in [3.8, 4) is 5.75 Å². The first-order valence-corrected chi connectivity index (χ1v) is 13.8. The molecule has 0 unspecified atom stereocenters. The second-order valence-corrected chi connectivity index (χ2v) is 11.3. The summed E-state index contributed by atoms with van der Waals surface area (Å²) in [5, 5.41) is 0. The van der Waals surface area contributed by atoms with Gasteiger partial charge in [0, 0.05) is 19.3 Å². The fourth-order valence-electron chi connectivity index (χ4n) is 5.06. The Labute approximate surface area is 226 Å². The van der Waals surface area contributed by atoms with Crippen molar-refractivity contribution in [1.82, 2.24) is 9.29 Å². The summed E-state index contributed by atoms with van der Waals surface area (Å²) in [6.07, 6.45) is 5.18. The van der Waals surface area contributed by atoms with Gasteiger partial charge in [0.25, 0.3) is 0 Å². The number of sulfonamides is 1. The van der Waals surface area contributed by atoms with Crippen molar-refractivity contribution >= 4 is 27.2 Å². The maximum Gasteiger partial charge on any atom is 0.243 e. The zero-order chi connectivity index (χ0) is 27.6. The molecule has 3 aromatic rings. The number of nitrogens with zero attached hydrogens (tertiary/aromatic N) is 3. The molecule has 1 aliphatic heterocycles. The number of methoxy groups -OCH3 is 1. The SMILES string of the molecule is COc1ccc(S(=O)(=O)N2CCC3=CC(=Nc4ccc(F)cc4)/C(=C\N)C[C@]3(C(=O)c3ccccn3)C2)cc1. The second-order valence-electron chi connectivity index (χ2n) is 9.40. The third-order valence-corrected chi connectivity index (χ3v) is 8.99. The molecule has 0 spiro atoms. The van der Waals surface area contributed by atoms with Crippen LogP contribution in [0.2, 0.25) is 0 Å². The van der Waals surface area contributed by atoms with E-state index >= 15 is 0 Å². The lowest BCUT2D eigenvalue weighted by Crippen LogP contribution is -2.53. The monoisotopic (exact) mass is 546 g/mol. The number of ketones is 1. The summed E-state index contributed by atoms with van der Waals surface area (Å²) in [7, 11) is -2.41. The summed E-state index contributed by atoms with van der Waals surface area (Å²) in [5.74, 6) is -0.122. The Morgan fingerprint density at radius 1 is 1.13 bits per heavy atom. The molecular weight excluding hydrogens is 519 g/mol. The molecule has 39 heavy (non-hydrogen) atoms. The Morgan fingerprint density at radius 2 is 1.87 bits per heavy atom. The van der Waals surface area contributed by atoms with Crippen LogP contribution in [-0.4, -0.2) is 49.4 Å². The molecule has 1 aliphatic carbocycles. The number of fused-ring (bicyclic) bond motifs is 1. The van der Waals surface area contributed by atoms with E-state index in [0.29, 0.717) is 29.1 Å². The highest BCUT2D eigenvalue weighted by Gasteiger charge is 2.51. The van der Waals surface area contributed by atoms with Crippen LogP contribution in [0.3, 0.4) is 0 Å². The van der Waals surface area contributed by atoms with Crippen molar-refractivity contribution < 1.29 is 22.3 Å². The zero-order valence-corrected chi connectivity index (χ0v) is 22.1. The first kappa shape index (κ1) is 26.5. The molecule has 5 rings (SSSR count). The number of benzene rings is 2. The molecule has 1 saturated heterocycles. The fraction of sp³-hybridized carbons (Fsp3) is 0.207. The molecule has 1 fully saturated rings. The van der Waals surface area contributed by atoms with E-state index in [1.165, 1.54) is 48.1 Å². The Bertz CT molecular complexity index is 1580. The van der Waals surface area contributed by atoms with E-state index in [-0.39, 0.29) is 41.7 Å². The lowest BCUT2D eigenvalue weighted by molar-refractivity contribution is 0.0770. The van der Waals surface area contributed by atoms with Gasteiger partial charge in [0.15, 0.2) is 5.78 Å². The highest BCUT2D eigenvalue weighted by molar-refractivity contribution is 7.89. The van der Waals surface area contributed by atoms with Gasteiger partial charge in [0.2, 0.25) is 10.0 Å². The van der Waals surface area contributed by atoms with Gasteiger partial charge in [0.05, 0.1) is 28.8 Å². The Hall–Kier alpha value is -4.15. The molecule has 2 aromatic carbocycles. The number of halogens is 1. The van der Waals surface area contributed by atoms with Gasteiger partial charge in [-0.05, 0) is 91.4 Å². The van der Waals surface area contributed by atoms with Crippen molar-refractivity contribution in [3.63, 3.8) is 0 Å². The van der Waals surface area contributed by atoms with Crippen molar-refractivity contribution in [2.75, 3.05) is 20.2 Å². The van der Waals surface area contributed by atoms with Gasteiger partial charge in [-0.15, -0.1) is 0 Å². The average molecular weight is 547 g/mol. The summed E-state index contributed by atoms with van der Waals surface area (Å²) >= 11 is 0. The van der Waals surface area contributed by atoms with E-state index in [2.05, 4.69) is 9.98 Å². The van der Waals surface area contributed by atoms with Gasteiger partial charge in [0.1, 0.15) is 17.3 Å². The normalized spacial score (nSPS) is 21.8. The number of piperidine rings is 1. The third-order valence-electron chi connectivity index (χ3n) is 7.13. The van der Waals surface area contributed by atoms with Gasteiger partial charge < -0.3 is 10.5 Å². The van der Waals surface area contributed by atoms with Crippen LogP contribution in [0.4, 0.5) is 10.1 Å².